The zero-order valence-corrected chi connectivity index (χ0v) is 36.4. The molecule has 6 unspecified atom stereocenters. The van der Waals surface area contributed by atoms with Crippen LogP contribution in [0.25, 0.3) is 0 Å². The number of anilines is 3. The van der Waals surface area contributed by atoms with Crippen molar-refractivity contribution in [3.63, 3.8) is 0 Å². The number of hydrogen-bond donors (Lipinski definition) is 3. The Bertz CT molecular complexity index is 1630. The maximum atomic E-state index is 13.6. The number of unbranched alkanes of at least 4 members (excludes halogenated alkanes) is 3. The van der Waals surface area contributed by atoms with E-state index in [2.05, 4.69) is 57.5 Å². The van der Waals surface area contributed by atoms with Gasteiger partial charge in [0.2, 0.25) is 17.8 Å². The monoisotopic (exact) mass is 823 g/mol. The molecule has 0 aliphatic carbocycles. The van der Waals surface area contributed by atoms with E-state index in [1.165, 1.54) is 0 Å². The number of carbonyl (C=O) groups excluding carboxylic acids is 3. The largest absolute Gasteiger partial charge is 0.438 e. The van der Waals surface area contributed by atoms with Crippen molar-refractivity contribution < 1.29 is 28.6 Å². The molecule has 0 saturated carbocycles. The summed E-state index contributed by atoms with van der Waals surface area (Å²) in [5, 5.41) is 10.1. The fourth-order valence-electron chi connectivity index (χ4n) is 7.06. The van der Waals surface area contributed by atoms with Crippen LogP contribution in [0.5, 0.6) is 0 Å². The van der Waals surface area contributed by atoms with Crippen LogP contribution in [0.15, 0.2) is 91.0 Å². The molecule has 0 bridgehead atoms. The minimum Gasteiger partial charge on any atom is -0.438 e. The second-order valence-corrected chi connectivity index (χ2v) is 15.2. The summed E-state index contributed by atoms with van der Waals surface area (Å²) in [6, 6.07) is 26.7. The first kappa shape index (κ1) is 47.2. The molecule has 60 heavy (non-hydrogen) atoms. The zero-order chi connectivity index (χ0) is 43.1. The van der Waals surface area contributed by atoms with Crippen molar-refractivity contribution in [2.75, 3.05) is 16.0 Å². The summed E-state index contributed by atoms with van der Waals surface area (Å²) in [7, 11) is 0. The Morgan fingerprint density at radius 3 is 0.900 bits per heavy atom. The van der Waals surface area contributed by atoms with Crippen molar-refractivity contribution in [3.05, 3.63) is 108 Å². The molecule has 0 spiro atoms. The van der Waals surface area contributed by atoms with Crippen molar-refractivity contribution in [3.8, 4) is 0 Å². The normalized spacial score (nSPS) is 14.1. The first-order valence-electron chi connectivity index (χ1n) is 22.1. The van der Waals surface area contributed by atoms with Crippen molar-refractivity contribution in [2.24, 2.45) is 17.8 Å². The SMILES string of the molecule is CCCCC(CC)C(Nc1nc(NC(OC(=O)c2ccccc2)C(CC)CCCC)nc(NC(OC(=O)c2ccccc2)C(CC)CCCC)n1)OC(=O)c1ccccc1. The molecule has 4 rings (SSSR count). The Balaban J connectivity index is 1.81. The highest BCUT2D eigenvalue weighted by atomic mass is 16.6. The van der Waals surface area contributed by atoms with E-state index in [4.69, 9.17) is 29.2 Å². The molecule has 6 atom stereocenters. The minimum atomic E-state index is -0.795. The molecule has 324 valence electrons. The third kappa shape index (κ3) is 14.9. The number of carbonyl (C=O) groups is 3. The Labute approximate surface area is 357 Å². The molecule has 1 heterocycles. The summed E-state index contributed by atoms with van der Waals surface area (Å²) in [6.07, 6.45) is 7.92. The molecule has 3 N–H and O–H groups in total. The fraction of sp³-hybridized carbons (Fsp3) is 0.500. The predicted molar refractivity (Wildman–Crippen MR) is 238 cm³/mol. The standard InChI is InChI=1S/C48H66N6O6/c1-7-13-25-34(10-4)40(58-43(55)37-28-19-16-20-29-37)49-46-52-47(50-41(35(11-5)26-14-8-2)59-44(56)38-30-21-17-22-31-38)54-48(53-46)51-42(36(12-6)27-15-9-3)60-45(57)39-32-23-18-24-33-39/h16-24,28-36,40-42H,7-15,25-27H2,1-6H3,(H3,49,50,51,52,53,54). The van der Waals surface area contributed by atoms with Gasteiger partial charge in [-0.05, 0) is 74.9 Å². The summed E-state index contributed by atoms with van der Waals surface area (Å²) >= 11 is 0. The highest BCUT2D eigenvalue weighted by molar-refractivity contribution is 5.90. The molecule has 0 amide bonds. The summed E-state index contributed by atoms with van der Waals surface area (Å²) in [5.74, 6) is -1.26. The summed E-state index contributed by atoms with van der Waals surface area (Å²) in [5.41, 5.74) is 1.28. The van der Waals surface area contributed by atoms with Crippen LogP contribution in [-0.2, 0) is 14.2 Å². The van der Waals surface area contributed by atoms with E-state index in [0.29, 0.717) is 16.7 Å². The Kier molecular flexibility index (Phi) is 20.3. The molecule has 0 saturated heterocycles. The van der Waals surface area contributed by atoms with E-state index in [0.717, 1.165) is 77.0 Å². The van der Waals surface area contributed by atoms with Crippen LogP contribution in [0.3, 0.4) is 0 Å². The maximum Gasteiger partial charge on any atom is 0.340 e. The predicted octanol–water partition coefficient (Wildman–Crippen LogP) is 11.3. The van der Waals surface area contributed by atoms with Gasteiger partial charge < -0.3 is 30.2 Å². The van der Waals surface area contributed by atoms with Crippen LogP contribution in [0, 0.1) is 17.8 Å². The van der Waals surface area contributed by atoms with E-state index in [9.17, 15) is 14.4 Å². The maximum absolute atomic E-state index is 13.6. The van der Waals surface area contributed by atoms with Gasteiger partial charge in [0.15, 0.2) is 18.7 Å². The van der Waals surface area contributed by atoms with Gasteiger partial charge in [-0.3, -0.25) is 0 Å². The molecule has 12 nitrogen and oxygen atoms in total. The average molecular weight is 823 g/mol. The van der Waals surface area contributed by atoms with Crippen molar-refractivity contribution in [1.29, 1.82) is 0 Å². The van der Waals surface area contributed by atoms with Crippen LogP contribution in [0.4, 0.5) is 17.8 Å². The Hall–Kier alpha value is -5.52. The summed E-state index contributed by atoms with van der Waals surface area (Å²) in [4.78, 5) is 55.1. The molecule has 12 heteroatoms. The molecule has 3 aromatic carbocycles. The average Bonchev–Trinajstić information content (AvgIpc) is 3.27. The second kappa shape index (κ2) is 25.9. The lowest BCUT2D eigenvalue weighted by atomic mass is 9.97. The highest BCUT2D eigenvalue weighted by Gasteiger charge is 2.30. The lowest BCUT2D eigenvalue weighted by Gasteiger charge is -2.30. The van der Waals surface area contributed by atoms with Gasteiger partial charge in [0.1, 0.15) is 0 Å². The number of hydrogen-bond acceptors (Lipinski definition) is 12. The topological polar surface area (TPSA) is 154 Å². The van der Waals surface area contributed by atoms with Crippen LogP contribution in [0.2, 0.25) is 0 Å². The van der Waals surface area contributed by atoms with Crippen molar-refractivity contribution >= 4 is 35.8 Å². The van der Waals surface area contributed by atoms with E-state index in [-0.39, 0.29) is 35.6 Å². The number of nitrogens with one attached hydrogen (secondary N) is 3. The lowest BCUT2D eigenvalue weighted by molar-refractivity contribution is 0.0195. The Morgan fingerprint density at radius 1 is 0.433 bits per heavy atom. The van der Waals surface area contributed by atoms with Crippen LogP contribution in [0.1, 0.15) is 150 Å². The summed E-state index contributed by atoms with van der Waals surface area (Å²) in [6.45, 7) is 12.6. The first-order chi connectivity index (χ1) is 29.2. The van der Waals surface area contributed by atoms with Crippen LogP contribution < -0.4 is 16.0 Å². The van der Waals surface area contributed by atoms with Gasteiger partial charge in [-0.2, -0.15) is 15.0 Å². The molecule has 0 aliphatic heterocycles. The van der Waals surface area contributed by atoms with E-state index in [1.807, 2.05) is 18.2 Å². The van der Waals surface area contributed by atoms with Gasteiger partial charge in [0, 0.05) is 17.8 Å². The van der Waals surface area contributed by atoms with E-state index in [1.54, 1.807) is 72.8 Å². The second-order valence-electron chi connectivity index (χ2n) is 15.2. The fourth-order valence-corrected chi connectivity index (χ4v) is 7.06. The van der Waals surface area contributed by atoms with Gasteiger partial charge in [0.05, 0.1) is 16.7 Å². The Morgan fingerprint density at radius 2 is 0.683 bits per heavy atom. The quantitative estimate of drug-likeness (QED) is 0.0298. The van der Waals surface area contributed by atoms with Gasteiger partial charge in [-0.15, -0.1) is 0 Å². The van der Waals surface area contributed by atoms with Crippen LogP contribution >= 0.6 is 0 Å². The smallest absolute Gasteiger partial charge is 0.340 e. The zero-order valence-electron chi connectivity index (χ0n) is 36.4. The van der Waals surface area contributed by atoms with Crippen LogP contribution in [-0.4, -0.2) is 51.5 Å². The number of benzene rings is 3. The third-order valence-electron chi connectivity index (χ3n) is 10.8. The number of esters is 3. The molecule has 0 aliphatic rings. The number of nitrogens with zero attached hydrogens (tertiary/aromatic N) is 3. The molecule has 4 aromatic rings. The van der Waals surface area contributed by atoms with Gasteiger partial charge >= 0.3 is 17.9 Å². The molecule has 0 fully saturated rings. The van der Waals surface area contributed by atoms with Gasteiger partial charge in [0.25, 0.3) is 0 Å². The van der Waals surface area contributed by atoms with E-state index < -0.39 is 36.6 Å². The minimum absolute atomic E-state index is 0.0709. The first-order valence-corrected chi connectivity index (χ1v) is 22.1. The van der Waals surface area contributed by atoms with Crippen molar-refractivity contribution in [2.45, 2.75) is 137 Å². The van der Waals surface area contributed by atoms with Gasteiger partial charge in [-0.1, -0.05) is 135 Å². The summed E-state index contributed by atoms with van der Waals surface area (Å²) < 4.78 is 18.6. The highest BCUT2D eigenvalue weighted by Crippen LogP contribution is 2.27. The lowest BCUT2D eigenvalue weighted by Crippen LogP contribution is -2.37. The third-order valence-corrected chi connectivity index (χ3v) is 10.8. The molecular weight excluding hydrogens is 757 g/mol. The molecular formula is C48H66N6O6. The van der Waals surface area contributed by atoms with Crippen molar-refractivity contribution in [1.82, 2.24) is 15.0 Å². The number of ether oxygens (including phenoxy) is 3. The van der Waals surface area contributed by atoms with E-state index >= 15 is 0 Å². The molecule has 1 aromatic heterocycles. The molecule has 0 radical (unpaired) electrons. The number of rotatable bonds is 27. The number of aromatic nitrogens is 3. The van der Waals surface area contributed by atoms with Gasteiger partial charge in [-0.25, -0.2) is 14.4 Å².